The molecule has 2 fully saturated rings. The Morgan fingerprint density at radius 2 is 2.15 bits per heavy atom. The average Bonchev–Trinajstić information content (AvgIpc) is 3.26. The Hall–Kier alpha value is -1.26. The van der Waals surface area contributed by atoms with Crippen LogP contribution in [0.15, 0.2) is 18.2 Å². The van der Waals surface area contributed by atoms with Gasteiger partial charge in [-0.15, -0.1) is 0 Å². The van der Waals surface area contributed by atoms with Crippen molar-refractivity contribution in [2.24, 2.45) is 0 Å². The van der Waals surface area contributed by atoms with E-state index >= 15 is 0 Å². The number of amides is 1. The second-order valence-electron chi connectivity index (χ2n) is 5.44. The first-order valence-electron chi connectivity index (χ1n) is 7.10. The van der Waals surface area contributed by atoms with Crippen molar-refractivity contribution in [1.29, 1.82) is 0 Å². The Balaban J connectivity index is 1.79. The summed E-state index contributed by atoms with van der Waals surface area (Å²) in [5, 5.41) is 4.00. The Bertz CT molecular complexity index is 517. The fraction of sp³-hybridized carbons (Fsp3) is 0.533. The number of carbonyl (C=O) groups excluding carboxylic acids is 1. The minimum Gasteiger partial charge on any atom is -0.495 e. The maximum absolute atomic E-state index is 12.6. The molecule has 1 saturated heterocycles. The van der Waals surface area contributed by atoms with Gasteiger partial charge in [0.15, 0.2) is 0 Å². The Kier molecular flexibility index (Phi) is 3.85. The standard InChI is InChI=1S/C15H19ClN2O2/c1-20-14-9-11(6-7-12(14)16)18-8-2-3-13(15(18)19)17-10-4-5-10/h6-7,9-10,13,17H,2-5,8H2,1H3. The van der Waals surface area contributed by atoms with Gasteiger partial charge < -0.3 is 15.0 Å². The molecule has 4 nitrogen and oxygen atoms in total. The van der Waals surface area contributed by atoms with E-state index in [-0.39, 0.29) is 11.9 Å². The van der Waals surface area contributed by atoms with Crippen molar-refractivity contribution < 1.29 is 9.53 Å². The van der Waals surface area contributed by atoms with Crippen LogP contribution in [0, 0.1) is 0 Å². The second-order valence-corrected chi connectivity index (χ2v) is 5.85. The van der Waals surface area contributed by atoms with Gasteiger partial charge in [-0.05, 0) is 37.8 Å². The molecule has 0 radical (unpaired) electrons. The number of rotatable bonds is 4. The van der Waals surface area contributed by atoms with Crippen molar-refractivity contribution in [2.75, 3.05) is 18.6 Å². The monoisotopic (exact) mass is 294 g/mol. The molecular weight excluding hydrogens is 276 g/mol. The highest BCUT2D eigenvalue weighted by Gasteiger charge is 2.34. The molecule has 1 N–H and O–H groups in total. The number of nitrogens with one attached hydrogen (secondary N) is 1. The number of methoxy groups -OCH3 is 1. The number of hydrogen-bond acceptors (Lipinski definition) is 3. The van der Waals surface area contributed by atoms with E-state index in [1.807, 2.05) is 17.0 Å². The second kappa shape index (κ2) is 5.62. The average molecular weight is 295 g/mol. The van der Waals surface area contributed by atoms with Crippen LogP contribution in [-0.2, 0) is 4.79 Å². The first-order valence-corrected chi connectivity index (χ1v) is 7.48. The fourth-order valence-corrected chi connectivity index (χ4v) is 2.83. The van der Waals surface area contributed by atoms with Crippen LogP contribution in [0.1, 0.15) is 25.7 Å². The highest BCUT2D eigenvalue weighted by Crippen LogP contribution is 2.31. The minimum absolute atomic E-state index is 0.0436. The number of carbonyl (C=O) groups is 1. The lowest BCUT2D eigenvalue weighted by Crippen LogP contribution is -2.51. The molecule has 1 amide bonds. The molecule has 5 heteroatoms. The zero-order valence-corrected chi connectivity index (χ0v) is 12.3. The summed E-state index contributed by atoms with van der Waals surface area (Å²) < 4.78 is 5.23. The third-order valence-corrected chi connectivity index (χ3v) is 4.21. The van der Waals surface area contributed by atoms with Gasteiger partial charge in [-0.1, -0.05) is 11.6 Å². The summed E-state index contributed by atoms with van der Waals surface area (Å²) in [5.74, 6) is 0.766. The quantitative estimate of drug-likeness (QED) is 0.928. The maximum Gasteiger partial charge on any atom is 0.244 e. The summed E-state index contributed by atoms with van der Waals surface area (Å²) in [4.78, 5) is 14.4. The third kappa shape index (κ3) is 2.76. The van der Waals surface area contributed by atoms with Crippen molar-refractivity contribution in [1.82, 2.24) is 5.32 Å². The van der Waals surface area contributed by atoms with Crippen LogP contribution in [0.2, 0.25) is 5.02 Å². The number of ether oxygens (including phenoxy) is 1. The lowest BCUT2D eigenvalue weighted by Gasteiger charge is -2.33. The van der Waals surface area contributed by atoms with E-state index in [1.54, 1.807) is 13.2 Å². The molecule has 1 aromatic rings. The van der Waals surface area contributed by atoms with Crippen molar-refractivity contribution in [3.63, 3.8) is 0 Å². The largest absolute Gasteiger partial charge is 0.495 e. The third-order valence-electron chi connectivity index (χ3n) is 3.90. The van der Waals surface area contributed by atoms with Crippen LogP contribution in [0.5, 0.6) is 5.75 Å². The van der Waals surface area contributed by atoms with Crippen LogP contribution in [-0.4, -0.2) is 31.6 Å². The van der Waals surface area contributed by atoms with Crippen LogP contribution in [0.4, 0.5) is 5.69 Å². The van der Waals surface area contributed by atoms with Gasteiger partial charge in [0.2, 0.25) is 5.91 Å². The van der Waals surface area contributed by atoms with Gasteiger partial charge in [0.25, 0.3) is 0 Å². The Labute approximate surface area is 124 Å². The summed E-state index contributed by atoms with van der Waals surface area (Å²) in [7, 11) is 1.58. The first-order chi connectivity index (χ1) is 9.69. The molecule has 2 aliphatic rings. The first kappa shape index (κ1) is 13.7. The summed E-state index contributed by atoms with van der Waals surface area (Å²) >= 11 is 6.04. The molecular formula is C15H19ClN2O2. The number of halogens is 1. The van der Waals surface area contributed by atoms with Gasteiger partial charge in [-0.2, -0.15) is 0 Å². The van der Waals surface area contributed by atoms with Crippen LogP contribution in [0.25, 0.3) is 0 Å². The molecule has 1 saturated carbocycles. The van der Waals surface area contributed by atoms with Gasteiger partial charge in [0.1, 0.15) is 5.75 Å². The van der Waals surface area contributed by atoms with Gasteiger partial charge in [0.05, 0.1) is 18.2 Å². The SMILES string of the molecule is COc1cc(N2CCCC(NC3CC3)C2=O)ccc1Cl. The van der Waals surface area contributed by atoms with E-state index in [9.17, 15) is 4.79 Å². The summed E-state index contributed by atoms with van der Waals surface area (Å²) in [6.07, 6.45) is 4.33. The number of benzene rings is 1. The number of anilines is 1. The van der Waals surface area contributed by atoms with Crippen molar-refractivity contribution >= 4 is 23.2 Å². The molecule has 0 aromatic heterocycles. The highest BCUT2D eigenvalue weighted by molar-refractivity contribution is 6.32. The molecule has 1 aliphatic heterocycles. The van der Waals surface area contributed by atoms with E-state index in [4.69, 9.17) is 16.3 Å². The van der Waals surface area contributed by atoms with Gasteiger partial charge in [-0.25, -0.2) is 0 Å². The maximum atomic E-state index is 12.6. The number of hydrogen-bond donors (Lipinski definition) is 1. The molecule has 108 valence electrons. The van der Waals surface area contributed by atoms with Crippen molar-refractivity contribution in [2.45, 2.75) is 37.8 Å². The summed E-state index contributed by atoms with van der Waals surface area (Å²) in [6, 6.07) is 5.99. The van der Waals surface area contributed by atoms with E-state index in [1.165, 1.54) is 12.8 Å². The van der Waals surface area contributed by atoms with Gasteiger partial charge >= 0.3 is 0 Å². The van der Waals surface area contributed by atoms with Crippen molar-refractivity contribution in [3.8, 4) is 5.75 Å². The normalized spacial score (nSPS) is 23.0. The molecule has 1 aliphatic carbocycles. The van der Waals surface area contributed by atoms with Gasteiger partial charge in [0, 0.05) is 24.3 Å². The van der Waals surface area contributed by atoms with E-state index in [0.717, 1.165) is 25.1 Å². The molecule has 20 heavy (non-hydrogen) atoms. The zero-order chi connectivity index (χ0) is 14.1. The summed E-state index contributed by atoms with van der Waals surface area (Å²) in [5.41, 5.74) is 0.860. The van der Waals surface area contributed by atoms with E-state index in [2.05, 4.69) is 5.32 Å². The molecule has 3 rings (SSSR count). The van der Waals surface area contributed by atoms with Crippen molar-refractivity contribution in [3.05, 3.63) is 23.2 Å². The predicted molar refractivity (Wildman–Crippen MR) is 79.5 cm³/mol. The molecule has 0 spiro atoms. The molecule has 1 aromatic carbocycles. The summed E-state index contributed by atoms with van der Waals surface area (Å²) in [6.45, 7) is 0.756. The minimum atomic E-state index is -0.0436. The van der Waals surface area contributed by atoms with E-state index < -0.39 is 0 Å². The lowest BCUT2D eigenvalue weighted by atomic mass is 10.0. The highest BCUT2D eigenvalue weighted by atomic mass is 35.5. The fourth-order valence-electron chi connectivity index (χ4n) is 2.64. The molecule has 1 heterocycles. The Morgan fingerprint density at radius 1 is 1.35 bits per heavy atom. The predicted octanol–water partition coefficient (Wildman–Crippen LogP) is 2.60. The molecule has 1 unspecified atom stereocenters. The van der Waals surface area contributed by atoms with Gasteiger partial charge in [-0.3, -0.25) is 4.79 Å². The number of piperidine rings is 1. The number of nitrogens with zero attached hydrogens (tertiary/aromatic N) is 1. The zero-order valence-electron chi connectivity index (χ0n) is 11.6. The lowest BCUT2D eigenvalue weighted by molar-refractivity contribution is -0.121. The van der Waals surface area contributed by atoms with Crippen LogP contribution < -0.4 is 15.0 Å². The topological polar surface area (TPSA) is 41.6 Å². The Morgan fingerprint density at radius 3 is 2.85 bits per heavy atom. The van der Waals surface area contributed by atoms with Crippen LogP contribution >= 0.6 is 11.6 Å². The van der Waals surface area contributed by atoms with E-state index in [0.29, 0.717) is 16.8 Å². The molecule has 1 atom stereocenters. The smallest absolute Gasteiger partial charge is 0.244 e. The molecule has 0 bridgehead atoms. The van der Waals surface area contributed by atoms with Crippen LogP contribution in [0.3, 0.4) is 0 Å².